The van der Waals surface area contributed by atoms with Gasteiger partial charge < -0.3 is 5.32 Å². The second-order valence-electron chi connectivity index (χ2n) is 3.97. The maximum atomic E-state index is 13.2. The Morgan fingerprint density at radius 2 is 2.00 bits per heavy atom. The zero-order chi connectivity index (χ0) is 12.3. The van der Waals surface area contributed by atoms with Crippen molar-refractivity contribution < 1.29 is 4.39 Å². The number of nitrogens with one attached hydrogen (secondary N) is 1. The third-order valence-corrected chi connectivity index (χ3v) is 2.81. The van der Waals surface area contributed by atoms with E-state index in [0.717, 1.165) is 11.3 Å². The van der Waals surface area contributed by atoms with E-state index in [1.807, 2.05) is 37.3 Å². The summed E-state index contributed by atoms with van der Waals surface area (Å²) < 4.78 is 13.2. The van der Waals surface area contributed by atoms with Crippen molar-refractivity contribution >= 4 is 17.3 Å². The Kier molecular flexibility index (Phi) is 3.64. The van der Waals surface area contributed by atoms with Gasteiger partial charge in [-0.2, -0.15) is 0 Å². The molecule has 3 heteroatoms. The maximum Gasteiger partial charge on any atom is 0.142 e. The van der Waals surface area contributed by atoms with Crippen LogP contribution >= 0.6 is 11.6 Å². The highest BCUT2D eigenvalue weighted by Gasteiger charge is 2.00. The normalized spacial score (nSPS) is 10.3. The van der Waals surface area contributed by atoms with Gasteiger partial charge in [-0.15, -0.1) is 0 Å². The quantitative estimate of drug-likeness (QED) is 0.850. The first-order chi connectivity index (χ1) is 8.15. The van der Waals surface area contributed by atoms with Crippen molar-refractivity contribution in [1.29, 1.82) is 0 Å². The second-order valence-corrected chi connectivity index (χ2v) is 4.38. The topological polar surface area (TPSA) is 12.0 Å². The maximum absolute atomic E-state index is 13.2. The summed E-state index contributed by atoms with van der Waals surface area (Å²) in [7, 11) is 0. The number of aryl methyl sites for hydroxylation is 1. The number of hydrogen-bond donors (Lipinski definition) is 1. The molecule has 0 unspecified atom stereocenters. The monoisotopic (exact) mass is 249 g/mol. The minimum absolute atomic E-state index is 0.157. The van der Waals surface area contributed by atoms with Gasteiger partial charge in [0.1, 0.15) is 5.82 Å². The molecule has 0 aliphatic carbocycles. The fraction of sp³-hybridized carbons (Fsp3) is 0.143. The minimum Gasteiger partial charge on any atom is -0.381 e. The number of anilines is 1. The molecule has 88 valence electrons. The Bertz CT molecular complexity index is 525. The average Bonchev–Trinajstić information content (AvgIpc) is 2.31. The van der Waals surface area contributed by atoms with Gasteiger partial charge in [0.05, 0.1) is 5.02 Å². The third-order valence-electron chi connectivity index (χ3n) is 2.50. The molecule has 0 spiro atoms. The van der Waals surface area contributed by atoms with Crippen LogP contribution in [0, 0.1) is 12.7 Å². The largest absolute Gasteiger partial charge is 0.381 e. The molecule has 0 saturated carbocycles. The summed E-state index contributed by atoms with van der Waals surface area (Å²) in [4.78, 5) is 0. The summed E-state index contributed by atoms with van der Waals surface area (Å²) >= 11 is 5.62. The van der Waals surface area contributed by atoms with Crippen LogP contribution in [-0.4, -0.2) is 0 Å². The van der Waals surface area contributed by atoms with E-state index in [1.165, 1.54) is 11.6 Å². The van der Waals surface area contributed by atoms with Gasteiger partial charge in [0.25, 0.3) is 0 Å². The van der Waals surface area contributed by atoms with Crippen LogP contribution in [0.25, 0.3) is 0 Å². The summed E-state index contributed by atoms with van der Waals surface area (Å²) in [5.41, 5.74) is 3.09. The standard InChI is InChI=1S/C14H13ClFN/c1-10-3-2-4-12(7-10)17-9-11-5-6-13(15)14(16)8-11/h2-8,17H,9H2,1H3. The van der Waals surface area contributed by atoms with Crippen molar-refractivity contribution in [1.82, 2.24) is 0 Å². The average molecular weight is 250 g/mol. The van der Waals surface area contributed by atoms with E-state index in [1.54, 1.807) is 6.07 Å². The van der Waals surface area contributed by atoms with Crippen LogP contribution in [0.5, 0.6) is 0 Å². The van der Waals surface area contributed by atoms with Crippen molar-refractivity contribution in [2.24, 2.45) is 0 Å². The molecule has 2 aromatic rings. The van der Waals surface area contributed by atoms with Crippen molar-refractivity contribution in [2.75, 3.05) is 5.32 Å². The van der Waals surface area contributed by atoms with Crippen LogP contribution in [0.4, 0.5) is 10.1 Å². The molecular weight excluding hydrogens is 237 g/mol. The zero-order valence-electron chi connectivity index (χ0n) is 9.50. The van der Waals surface area contributed by atoms with Gasteiger partial charge >= 0.3 is 0 Å². The second kappa shape index (κ2) is 5.19. The van der Waals surface area contributed by atoms with E-state index in [0.29, 0.717) is 6.54 Å². The van der Waals surface area contributed by atoms with Crippen molar-refractivity contribution in [2.45, 2.75) is 13.5 Å². The SMILES string of the molecule is Cc1cccc(NCc2ccc(Cl)c(F)c2)c1. The highest BCUT2D eigenvalue weighted by molar-refractivity contribution is 6.30. The highest BCUT2D eigenvalue weighted by atomic mass is 35.5. The van der Waals surface area contributed by atoms with Gasteiger partial charge in [-0.05, 0) is 42.3 Å². The first-order valence-corrected chi connectivity index (χ1v) is 5.77. The van der Waals surface area contributed by atoms with Gasteiger partial charge in [-0.25, -0.2) is 4.39 Å². The summed E-state index contributed by atoms with van der Waals surface area (Å²) in [5, 5.41) is 3.40. The lowest BCUT2D eigenvalue weighted by Crippen LogP contribution is -1.99. The Morgan fingerprint density at radius 3 is 2.71 bits per heavy atom. The van der Waals surface area contributed by atoms with Crippen LogP contribution in [0.1, 0.15) is 11.1 Å². The van der Waals surface area contributed by atoms with Gasteiger partial charge in [-0.1, -0.05) is 29.8 Å². The Morgan fingerprint density at radius 1 is 1.18 bits per heavy atom. The predicted octanol–water partition coefficient (Wildman–Crippen LogP) is 4.40. The molecule has 2 aromatic carbocycles. The fourth-order valence-electron chi connectivity index (χ4n) is 1.61. The van der Waals surface area contributed by atoms with Crippen LogP contribution in [-0.2, 0) is 6.54 Å². The Hall–Kier alpha value is -1.54. The summed E-state index contributed by atoms with van der Waals surface area (Å²) in [6.45, 7) is 2.62. The smallest absolute Gasteiger partial charge is 0.142 e. The molecule has 2 rings (SSSR count). The third kappa shape index (κ3) is 3.21. The van der Waals surface area contributed by atoms with E-state index in [4.69, 9.17) is 11.6 Å². The van der Waals surface area contributed by atoms with Gasteiger partial charge in [0.15, 0.2) is 0 Å². The number of halogens is 2. The van der Waals surface area contributed by atoms with Gasteiger partial charge in [0.2, 0.25) is 0 Å². The molecule has 17 heavy (non-hydrogen) atoms. The minimum atomic E-state index is -0.379. The molecule has 0 aromatic heterocycles. The summed E-state index contributed by atoms with van der Waals surface area (Å²) in [5.74, 6) is -0.379. The molecule has 0 heterocycles. The fourth-order valence-corrected chi connectivity index (χ4v) is 1.73. The Balaban J connectivity index is 2.05. The first kappa shape index (κ1) is 11.9. The number of hydrogen-bond acceptors (Lipinski definition) is 1. The van der Waals surface area contributed by atoms with Crippen molar-refractivity contribution in [3.8, 4) is 0 Å². The molecule has 0 saturated heterocycles. The van der Waals surface area contributed by atoms with Crippen LogP contribution in [0.2, 0.25) is 5.02 Å². The predicted molar refractivity (Wildman–Crippen MR) is 69.9 cm³/mol. The molecule has 0 aliphatic rings. The Labute approximate surface area is 105 Å². The first-order valence-electron chi connectivity index (χ1n) is 5.39. The summed E-state index contributed by atoms with van der Waals surface area (Å²) in [6.07, 6.45) is 0. The molecule has 1 N–H and O–H groups in total. The molecule has 1 nitrogen and oxygen atoms in total. The highest BCUT2D eigenvalue weighted by Crippen LogP contribution is 2.17. The number of rotatable bonds is 3. The van der Waals surface area contributed by atoms with E-state index in [9.17, 15) is 4.39 Å². The van der Waals surface area contributed by atoms with E-state index in [-0.39, 0.29) is 10.8 Å². The molecule has 0 bridgehead atoms. The zero-order valence-corrected chi connectivity index (χ0v) is 10.3. The van der Waals surface area contributed by atoms with Crippen LogP contribution in [0.3, 0.4) is 0 Å². The molecule has 0 atom stereocenters. The molecule has 0 fully saturated rings. The van der Waals surface area contributed by atoms with E-state index >= 15 is 0 Å². The van der Waals surface area contributed by atoms with E-state index < -0.39 is 0 Å². The molecular formula is C14H13ClFN. The van der Waals surface area contributed by atoms with Gasteiger partial charge in [0, 0.05) is 12.2 Å². The summed E-state index contributed by atoms with van der Waals surface area (Å²) in [6, 6.07) is 12.9. The van der Waals surface area contributed by atoms with Crippen LogP contribution in [0.15, 0.2) is 42.5 Å². The van der Waals surface area contributed by atoms with Crippen molar-refractivity contribution in [3.05, 3.63) is 64.4 Å². The lowest BCUT2D eigenvalue weighted by Gasteiger charge is -2.07. The number of benzene rings is 2. The van der Waals surface area contributed by atoms with Crippen molar-refractivity contribution in [3.63, 3.8) is 0 Å². The van der Waals surface area contributed by atoms with Gasteiger partial charge in [-0.3, -0.25) is 0 Å². The lowest BCUT2D eigenvalue weighted by atomic mass is 10.2. The molecule has 0 aliphatic heterocycles. The molecule has 0 radical (unpaired) electrons. The van der Waals surface area contributed by atoms with E-state index in [2.05, 4.69) is 5.32 Å². The van der Waals surface area contributed by atoms with Crippen LogP contribution < -0.4 is 5.32 Å². The lowest BCUT2D eigenvalue weighted by molar-refractivity contribution is 0.626. The molecule has 0 amide bonds.